The van der Waals surface area contributed by atoms with E-state index in [-0.39, 0.29) is 12.3 Å². The number of nitrogens with zero attached hydrogens (tertiary/aromatic N) is 1. The maximum Gasteiger partial charge on any atom is 0.238 e. The normalized spacial score (nSPS) is 18.0. The van der Waals surface area contributed by atoms with Gasteiger partial charge in [-0.25, -0.2) is 0 Å². The van der Waals surface area contributed by atoms with E-state index in [0.717, 1.165) is 0 Å². The van der Waals surface area contributed by atoms with Crippen LogP contribution < -0.4 is 10.6 Å². The van der Waals surface area contributed by atoms with Gasteiger partial charge in [0.1, 0.15) is 4.33 Å². The number of anilines is 2. The third-order valence-corrected chi connectivity index (χ3v) is 6.91. The van der Waals surface area contributed by atoms with Crippen LogP contribution in [0.1, 0.15) is 11.5 Å². The van der Waals surface area contributed by atoms with Crippen LogP contribution in [-0.2, 0) is 9.59 Å². The molecular formula is C23H16Cl6N2O2. The molecule has 33 heavy (non-hydrogen) atoms. The number of amides is 2. The summed E-state index contributed by atoms with van der Waals surface area (Å²) in [6.45, 7) is 0. The summed E-state index contributed by atoms with van der Waals surface area (Å²) in [6, 6.07) is 19.0. The molecule has 3 aromatic rings. The SMILES string of the molecule is NC=O.O=C([C@H]1[C@H](c2cc(Cl)cc(Cl)c2)C1(Cl)Cl)N(c1ccc(Cl)cc1)c1ccccc1Cl. The third-order valence-electron chi connectivity index (χ3n) is 4.96. The van der Waals surface area contributed by atoms with Crippen LogP contribution in [0.3, 0.4) is 0 Å². The molecule has 2 N–H and O–H groups in total. The highest BCUT2D eigenvalue weighted by molar-refractivity contribution is 6.54. The van der Waals surface area contributed by atoms with E-state index in [2.05, 4.69) is 5.73 Å². The van der Waals surface area contributed by atoms with Gasteiger partial charge in [-0.1, -0.05) is 58.5 Å². The molecule has 0 aliphatic heterocycles. The molecule has 1 fully saturated rings. The van der Waals surface area contributed by atoms with Gasteiger partial charge in [-0.2, -0.15) is 0 Å². The molecule has 2 atom stereocenters. The maximum absolute atomic E-state index is 13.7. The summed E-state index contributed by atoms with van der Waals surface area (Å²) in [4.78, 5) is 23.8. The standard InChI is InChI=1S/C22H13Cl6NO.CH3NO/c23-13-5-7-16(8-6-13)29(18-4-2-1-3-17(18)26)21(30)20-19(22(20,27)28)12-9-14(24)11-15(25)10-12;2-1-3/h1-11,19-20H;1H,(H2,2,3)/t19-,20+;/m0./s1. The summed E-state index contributed by atoms with van der Waals surface area (Å²) in [6.07, 6.45) is 0.250. The Balaban J connectivity index is 0.000000968. The first-order valence-corrected chi connectivity index (χ1v) is 11.7. The number of halogens is 6. The van der Waals surface area contributed by atoms with Gasteiger partial charge in [-0.05, 0) is 60.2 Å². The van der Waals surface area contributed by atoms with Gasteiger partial charge in [0.05, 0.1) is 16.6 Å². The monoisotopic (exact) mass is 562 g/mol. The van der Waals surface area contributed by atoms with E-state index < -0.39 is 16.2 Å². The fourth-order valence-corrected chi connectivity index (χ4v) is 5.26. The molecule has 0 aromatic heterocycles. The van der Waals surface area contributed by atoms with Crippen LogP contribution in [0.15, 0.2) is 66.7 Å². The highest BCUT2D eigenvalue weighted by atomic mass is 35.5. The highest BCUT2D eigenvalue weighted by Crippen LogP contribution is 2.66. The molecule has 0 unspecified atom stereocenters. The number of primary amides is 1. The fraction of sp³-hybridized carbons (Fsp3) is 0.130. The highest BCUT2D eigenvalue weighted by Gasteiger charge is 2.68. The van der Waals surface area contributed by atoms with Crippen molar-refractivity contribution < 1.29 is 9.59 Å². The Kier molecular flexibility index (Phi) is 8.44. The van der Waals surface area contributed by atoms with Crippen molar-refractivity contribution in [1.82, 2.24) is 0 Å². The van der Waals surface area contributed by atoms with Gasteiger partial charge in [0.25, 0.3) is 0 Å². The van der Waals surface area contributed by atoms with Crippen molar-refractivity contribution in [2.24, 2.45) is 11.7 Å². The predicted octanol–water partition coefficient (Wildman–Crippen LogP) is 7.65. The average molecular weight is 565 g/mol. The molecule has 1 aliphatic rings. The first kappa shape index (κ1) is 26.0. The molecule has 0 spiro atoms. The zero-order chi connectivity index (χ0) is 24.3. The average Bonchev–Trinajstić information content (AvgIpc) is 3.33. The minimum atomic E-state index is -1.31. The topological polar surface area (TPSA) is 63.4 Å². The van der Waals surface area contributed by atoms with Gasteiger partial charge in [-0.15, -0.1) is 23.2 Å². The molecule has 4 rings (SSSR count). The van der Waals surface area contributed by atoms with Crippen LogP contribution >= 0.6 is 69.6 Å². The Bertz CT molecular complexity index is 1150. The lowest BCUT2D eigenvalue weighted by Gasteiger charge is -2.24. The van der Waals surface area contributed by atoms with E-state index in [1.807, 2.05) is 0 Å². The molecule has 2 amide bonds. The lowest BCUT2D eigenvalue weighted by Crippen LogP contribution is -2.29. The van der Waals surface area contributed by atoms with Gasteiger partial charge in [0.2, 0.25) is 12.3 Å². The lowest BCUT2D eigenvalue weighted by molar-refractivity contribution is -0.119. The minimum Gasteiger partial charge on any atom is -0.372 e. The summed E-state index contributed by atoms with van der Waals surface area (Å²) in [5.41, 5.74) is 5.98. The Morgan fingerprint density at radius 1 is 0.879 bits per heavy atom. The smallest absolute Gasteiger partial charge is 0.238 e. The van der Waals surface area contributed by atoms with E-state index in [0.29, 0.717) is 37.0 Å². The molecule has 0 bridgehead atoms. The number of para-hydroxylation sites is 1. The van der Waals surface area contributed by atoms with E-state index in [9.17, 15) is 4.79 Å². The Labute approximate surface area is 221 Å². The van der Waals surface area contributed by atoms with Crippen LogP contribution in [0, 0.1) is 5.92 Å². The van der Waals surface area contributed by atoms with Crippen LogP contribution in [-0.4, -0.2) is 16.7 Å². The van der Waals surface area contributed by atoms with Gasteiger partial charge < -0.3 is 5.73 Å². The molecule has 4 nitrogen and oxygen atoms in total. The van der Waals surface area contributed by atoms with Gasteiger partial charge >= 0.3 is 0 Å². The first-order chi connectivity index (χ1) is 15.6. The number of alkyl halides is 2. The molecule has 1 aliphatic carbocycles. The molecule has 3 aromatic carbocycles. The predicted molar refractivity (Wildman–Crippen MR) is 137 cm³/mol. The van der Waals surface area contributed by atoms with Crippen molar-refractivity contribution in [3.05, 3.63) is 92.4 Å². The third kappa shape index (κ3) is 5.71. The van der Waals surface area contributed by atoms with Crippen molar-refractivity contribution in [3.63, 3.8) is 0 Å². The zero-order valence-electron chi connectivity index (χ0n) is 16.7. The van der Waals surface area contributed by atoms with Gasteiger partial charge in [0.15, 0.2) is 0 Å². The summed E-state index contributed by atoms with van der Waals surface area (Å²) in [5, 5.41) is 1.85. The lowest BCUT2D eigenvalue weighted by atomic mass is 10.1. The summed E-state index contributed by atoms with van der Waals surface area (Å²) in [7, 11) is 0. The van der Waals surface area contributed by atoms with E-state index >= 15 is 0 Å². The number of hydrogen-bond donors (Lipinski definition) is 1. The number of rotatable bonds is 4. The molecule has 0 saturated heterocycles. The number of nitrogens with two attached hydrogens (primary N) is 1. The Morgan fingerprint density at radius 3 is 1.97 bits per heavy atom. The van der Waals surface area contributed by atoms with Gasteiger partial charge in [-0.3, -0.25) is 14.5 Å². The second kappa shape index (κ2) is 10.7. The molecule has 1 saturated carbocycles. The van der Waals surface area contributed by atoms with Gasteiger partial charge in [0, 0.05) is 26.7 Å². The molecule has 10 heteroatoms. The largest absolute Gasteiger partial charge is 0.372 e. The van der Waals surface area contributed by atoms with Crippen LogP contribution in [0.2, 0.25) is 20.1 Å². The number of hydrogen-bond acceptors (Lipinski definition) is 2. The van der Waals surface area contributed by atoms with Crippen LogP contribution in [0.5, 0.6) is 0 Å². The zero-order valence-corrected chi connectivity index (χ0v) is 21.2. The summed E-state index contributed by atoms with van der Waals surface area (Å²) < 4.78 is -1.31. The number of carbonyl (C=O) groups excluding carboxylic acids is 2. The number of carbonyl (C=O) groups is 2. The quantitative estimate of drug-likeness (QED) is 0.261. The molecule has 0 heterocycles. The molecular weight excluding hydrogens is 549 g/mol. The van der Waals surface area contributed by atoms with Crippen LogP contribution in [0.4, 0.5) is 11.4 Å². The van der Waals surface area contributed by atoms with E-state index in [1.165, 1.54) is 4.90 Å². The fourth-order valence-electron chi connectivity index (χ4n) is 3.55. The van der Waals surface area contributed by atoms with Crippen molar-refractivity contribution in [2.75, 3.05) is 4.90 Å². The summed E-state index contributed by atoms with van der Waals surface area (Å²) >= 11 is 37.9. The first-order valence-electron chi connectivity index (χ1n) is 9.45. The second-order valence-electron chi connectivity index (χ2n) is 7.07. The second-order valence-corrected chi connectivity index (χ2v) is 10.2. The molecule has 0 radical (unpaired) electrons. The van der Waals surface area contributed by atoms with Crippen molar-refractivity contribution in [2.45, 2.75) is 10.3 Å². The van der Waals surface area contributed by atoms with Crippen molar-refractivity contribution >= 4 is 93.3 Å². The Morgan fingerprint density at radius 2 is 1.42 bits per heavy atom. The van der Waals surface area contributed by atoms with Crippen molar-refractivity contribution in [3.8, 4) is 0 Å². The maximum atomic E-state index is 13.7. The van der Waals surface area contributed by atoms with Crippen molar-refractivity contribution in [1.29, 1.82) is 0 Å². The van der Waals surface area contributed by atoms with E-state index in [4.69, 9.17) is 74.4 Å². The number of benzene rings is 3. The van der Waals surface area contributed by atoms with Crippen LogP contribution in [0.25, 0.3) is 0 Å². The Hall–Kier alpha value is -1.66. The summed E-state index contributed by atoms with van der Waals surface area (Å²) in [5.74, 6) is -1.49. The molecule has 172 valence electrons. The van der Waals surface area contributed by atoms with E-state index in [1.54, 1.807) is 66.7 Å². The minimum absolute atomic E-state index is 0.250.